The smallest absolute Gasteiger partial charge is 0.359 e. The molecule has 2 aromatic heterocycles. The highest BCUT2D eigenvalue weighted by Crippen LogP contribution is 2.17. The molecule has 1 atom stereocenters. The molecule has 2 N–H and O–H groups in total. The monoisotopic (exact) mass is 323 g/mol. The number of oxime groups is 1. The minimum absolute atomic E-state index is 0.0876. The van der Waals surface area contributed by atoms with Gasteiger partial charge in [0.15, 0.2) is 11.9 Å². The zero-order valence-electron chi connectivity index (χ0n) is 11.6. The first-order chi connectivity index (χ1) is 10.5. The molecule has 0 aliphatic rings. The average Bonchev–Trinajstić information content (AvgIpc) is 3.16. The van der Waals surface area contributed by atoms with Crippen molar-refractivity contribution in [1.82, 2.24) is 9.78 Å². The van der Waals surface area contributed by atoms with E-state index in [9.17, 15) is 14.9 Å². The van der Waals surface area contributed by atoms with Crippen LogP contribution in [0.5, 0.6) is 0 Å². The number of thiophene rings is 1. The molecule has 2 rings (SSSR count). The maximum atomic E-state index is 12.0. The lowest BCUT2D eigenvalue weighted by Crippen LogP contribution is -2.22. The van der Waals surface area contributed by atoms with Crippen LogP contribution in [-0.4, -0.2) is 26.5 Å². The van der Waals surface area contributed by atoms with Gasteiger partial charge in [0.25, 0.3) is 0 Å². The Bertz CT molecular complexity index is 694. The van der Waals surface area contributed by atoms with Crippen molar-refractivity contribution in [3.05, 3.63) is 44.9 Å². The van der Waals surface area contributed by atoms with Gasteiger partial charge in [-0.05, 0) is 17.9 Å². The van der Waals surface area contributed by atoms with Crippen molar-refractivity contribution in [3.8, 4) is 0 Å². The van der Waals surface area contributed by atoms with Gasteiger partial charge < -0.3 is 10.6 Å². The van der Waals surface area contributed by atoms with Crippen LogP contribution in [0, 0.1) is 10.1 Å². The van der Waals surface area contributed by atoms with Crippen molar-refractivity contribution in [2.24, 2.45) is 10.9 Å². The molecule has 0 radical (unpaired) electrons. The zero-order valence-corrected chi connectivity index (χ0v) is 12.4. The summed E-state index contributed by atoms with van der Waals surface area (Å²) in [5.74, 6) is -0.607. The van der Waals surface area contributed by atoms with Crippen molar-refractivity contribution < 1.29 is 14.6 Å². The summed E-state index contributed by atoms with van der Waals surface area (Å²) in [6.45, 7) is 1.73. The Hall–Kier alpha value is -2.75. The van der Waals surface area contributed by atoms with E-state index in [0.29, 0.717) is 11.3 Å². The van der Waals surface area contributed by atoms with E-state index in [-0.39, 0.29) is 11.5 Å². The van der Waals surface area contributed by atoms with E-state index in [1.54, 1.807) is 19.1 Å². The molecule has 0 saturated carbocycles. The van der Waals surface area contributed by atoms with Crippen LogP contribution in [0.4, 0.5) is 5.69 Å². The first kappa shape index (κ1) is 15.6. The molecule has 0 amide bonds. The molecule has 2 aromatic rings. The lowest BCUT2D eigenvalue weighted by atomic mass is 10.2. The molecule has 0 fully saturated rings. The number of amidine groups is 1. The molecule has 10 heteroatoms. The Balaban J connectivity index is 2.08. The standard InChI is InChI=1S/C12H13N5O4S/c1-2-9(16-7-8(6-14-16)17(19)20)12(18)21-15-11(13)10-4-3-5-22-10/h3-7,9H,2H2,1H3,(H2,13,15). The summed E-state index contributed by atoms with van der Waals surface area (Å²) in [6, 6.07) is 2.72. The van der Waals surface area contributed by atoms with E-state index in [1.807, 2.05) is 5.38 Å². The van der Waals surface area contributed by atoms with E-state index in [4.69, 9.17) is 10.6 Å². The van der Waals surface area contributed by atoms with Crippen molar-refractivity contribution in [1.29, 1.82) is 0 Å². The number of hydrogen-bond donors (Lipinski definition) is 1. The Morgan fingerprint density at radius 3 is 3.00 bits per heavy atom. The van der Waals surface area contributed by atoms with Gasteiger partial charge in [-0.2, -0.15) is 5.10 Å². The second-order valence-corrected chi connectivity index (χ2v) is 5.17. The van der Waals surface area contributed by atoms with Gasteiger partial charge in [0.2, 0.25) is 0 Å². The van der Waals surface area contributed by atoms with Gasteiger partial charge in [0, 0.05) is 0 Å². The van der Waals surface area contributed by atoms with Gasteiger partial charge in [0.05, 0.1) is 9.80 Å². The van der Waals surface area contributed by atoms with Gasteiger partial charge >= 0.3 is 11.7 Å². The van der Waals surface area contributed by atoms with Crippen LogP contribution in [0.3, 0.4) is 0 Å². The number of aromatic nitrogens is 2. The number of carbonyl (C=O) groups is 1. The van der Waals surface area contributed by atoms with Crippen molar-refractivity contribution >= 4 is 28.8 Å². The Kier molecular flexibility index (Phi) is 4.84. The van der Waals surface area contributed by atoms with E-state index in [0.717, 1.165) is 6.20 Å². The fraction of sp³-hybridized carbons (Fsp3) is 0.250. The molecular formula is C12H13N5O4S. The molecular weight excluding hydrogens is 310 g/mol. The molecule has 0 aromatic carbocycles. The summed E-state index contributed by atoms with van der Waals surface area (Å²) in [4.78, 5) is 27.5. The predicted molar refractivity (Wildman–Crippen MR) is 79.3 cm³/mol. The molecule has 9 nitrogen and oxygen atoms in total. The van der Waals surface area contributed by atoms with Crippen LogP contribution >= 0.6 is 11.3 Å². The maximum Gasteiger partial charge on any atom is 0.359 e. The van der Waals surface area contributed by atoms with Gasteiger partial charge in [-0.25, -0.2) is 4.79 Å². The lowest BCUT2D eigenvalue weighted by Gasteiger charge is -2.11. The maximum absolute atomic E-state index is 12.0. The van der Waals surface area contributed by atoms with Gasteiger partial charge in [-0.1, -0.05) is 18.1 Å². The van der Waals surface area contributed by atoms with Gasteiger partial charge in [0.1, 0.15) is 12.4 Å². The van der Waals surface area contributed by atoms with E-state index < -0.39 is 16.9 Å². The van der Waals surface area contributed by atoms with E-state index in [1.165, 1.54) is 22.2 Å². The molecule has 0 saturated heterocycles. The zero-order chi connectivity index (χ0) is 16.1. The lowest BCUT2D eigenvalue weighted by molar-refractivity contribution is -0.385. The van der Waals surface area contributed by atoms with E-state index in [2.05, 4.69) is 10.3 Å². The number of carbonyl (C=O) groups excluding carboxylic acids is 1. The Morgan fingerprint density at radius 2 is 2.45 bits per heavy atom. The van der Waals surface area contributed by atoms with Crippen LogP contribution < -0.4 is 5.73 Å². The topological polar surface area (TPSA) is 126 Å². The molecule has 0 bridgehead atoms. The largest absolute Gasteiger partial charge is 0.380 e. The van der Waals surface area contributed by atoms with Crippen LogP contribution in [0.15, 0.2) is 35.1 Å². The molecule has 2 heterocycles. The minimum Gasteiger partial charge on any atom is -0.380 e. The van der Waals surface area contributed by atoms with Gasteiger partial charge in [-0.3, -0.25) is 14.8 Å². The van der Waals surface area contributed by atoms with Crippen LogP contribution in [-0.2, 0) is 9.63 Å². The fourth-order valence-electron chi connectivity index (χ4n) is 1.68. The summed E-state index contributed by atoms with van der Waals surface area (Å²) in [6.07, 6.45) is 2.58. The third-order valence-electron chi connectivity index (χ3n) is 2.78. The molecule has 0 spiro atoms. The quantitative estimate of drug-likeness (QED) is 0.283. The second-order valence-electron chi connectivity index (χ2n) is 4.22. The first-order valence-corrected chi connectivity index (χ1v) is 7.17. The summed E-state index contributed by atoms with van der Waals surface area (Å²) in [5.41, 5.74) is 5.48. The minimum atomic E-state index is -0.811. The third kappa shape index (κ3) is 3.47. The normalized spacial score (nSPS) is 12.9. The SMILES string of the molecule is CCC(C(=O)O/N=C(\N)c1cccs1)n1cc([N+](=O)[O-])cn1. The highest BCUT2D eigenvalue weighted by atomic mass is 32.1. The van der Waals surface area contributed by atoms with Crippen LogP contribution in [0.2, 0.25) is 0 Å². The molecule has 1 unspecified atom stereocenters. The van der Waals surface area contributed by atoms with Crippen LogP contribution in [0.25, 0.3) is 0 Å². The summed E-state index contributed by atoms with van der Waals surface area (Å²) in [5, 5.41) is 19.8. The predicted octanol–water partition coefficient (Wildman–Crippen LogP) is 1.67. The molecule has 22 heavy (non-hydrogen) atoms. The fourth-order valence-corrected chi connectivity index (χ4v) is 2.30. The van der Waals surface area contributed by atoms with Crippen molar-refractivity contribution in [2.45, 2.75) is 19.4 Å². The van der Waals surface area contributed by atoms with Crippen LogP contribution in [0.1, 0.15) is 24.3 Å². The third-order valence-corrected chi connectivity index (χ3v) is 3.68. The average molecular weight is 323 g/mol. The number of nitro groups is 1. The highest BCUT2D eigenvalue weighted by Gasteiger charge is 2.24. The molecule has 0 aliphatic heterocycles. The van der Waals surface area contributed by atoms with Gasteiger partial charge in [-0.15, -0.1) is 11.3 Å². The summed E-state index contributed by atoms with van der Waals surface area (Å²) < 4.78 is 1.18. The molecule has 0 aliphatic carbocycles. The Morgan fingerprint density at radius 1 is 1.68 bits per heavy atom. The number of rotatable bonds is 6. The number of nitrogens with two attached hydrogens (primary N) is 1. The first-order valence-electron chi connectivity index (χ1n) is 6.29. The van der Waals surface area contributed by atoms with Crippen molar-refractivity contribution in [2.75, 3.05) is 0 Å². The summed E-state index contributed by atoms with van der Waals surface area (Å²) in [7, 11) is 0. The Labute approximate surface area is 129 Å². The number of nitrogens with zero attached hydrogens (tertiary/aromatic N) is 4. The second kappa shape index (κ2) is 6.80. The van der Waals surface area contributed by atoms with E-state index >= 15 is 0 Å². The highest BCUT2D eigenvalue weighted by molar-refractivity contribution is 7.12. The molecule has 116 valence electrons. The van der Waals surface area contributed by atoms with Crippen molar-refractivity contribution in [3.63, 3.8) is 0 Å². The summed E-state index contributed by atoms with van der Waals surface area (Å²) >= 11 is 1.36. The number of hydrogen-bond acceptors (Lipinski definition) is 7.